The highest BCUT2D eigenvalue weighted by molar-refractivity contribution is 5.47. The van der Waals surface area contributed by atoms with Crippen LogP contribution in [0.5, 0.6) is 0 Å². The number of rotatable bonds is 2. The van der Waals surface area contributed by atoms with Gasteiger partial charge in [-0.1, -0.05) is 0 Å². The predicted molar refractivity (Wildman–Crippen MR) is 51.1 cm³/mol. The summed E-state index contributed by atoms with van der Waals surface area (Å²) in [4.78, 5) is -6.88. The molecule has 0 aliphatic rings. The highest BCUT2D eigenvalue weighted by Gasteiger charge is 2.99. The molecule has 17 heteroatoms. The van der Waals surface area contributed by atoms with Gasteiger partial charge < -0.3 is 0 Å². The Morgan fingerprint density at radius 3 is 0.889 bits per heavy atom. The van der Waals surface area contributed by atoms with E-state index in [1.54, 1.807) is 0 Å². The fourth-order valence-corrected chi connectivity index (χ4v) is 1.97. The smallest absolute Gasteiger partial charge is 0.200 e. The third-order valence-electron chi connectivity index (χ3n) is 3.12. The third kappa shape index (κ3) is 2.85. The second-order valence-electron chi connectivity index (χ2n) is 4.64. The third-order valence-corrected chi connectivity index (χ3v) is 3.12. The summed E-state index contributed by atoms with van der Waals surface area (Å²) in [5.74, 6) is -18.4. The molecular formula is C10F16N+. The van der Waals surface area contributed by atoms with Crippen LogP contribution in [0.1, 0.15) is 0 Å². The number of alkyl halides is 9. The Morgan fingerprint density at radius 1 is 0.444 bits per heavy atom. The molecule has 0 heterocycles. The van der Waals surface area contributed by atoms with Crippen LogP contribution in [0, 0.1) is 29.1 Å². The maximum atomic E-state index is 13.8. The molecule has 0 aliphatic carbocycles. The highest BCUT2D eigenvalue weighted by Crippen LogP contribution is 2.61. The van der Waals surface area contributed by atoms with Crippen LogP contribution >= 0.6 is 0 Å². The predicted octanol–water partition coefficient (Wildman–Crippen LogP) is 5.88. The monoisotopic (exact) mass is 438 g/mol. The van der Waals surface area contributed by atoms with E-state index in [2.05, 4.69) is 0 Å². The molecule has 0 saturated carbocycles. The van der Waals surface area contributed by atoms with Crippen molar-refractivity contribution in [2.24, 2.45) is 0 Å². The fraction of sp³-hybridized carbons (Fsp3) is 0.400. The molecule has 0 saturated heterocycles. The zero-order valence-corrected chi connectivity index (χ0v) is 11.5. The van der Waals surface area contributed by atoms with E-state index in [0.717, 1.165) is 0 Å². The van der Waals surface area contributed by atoms with Crippen molar-refractivity contribution in [2.75, 3.05) is 0 Å². The van der Waals surface area contributed by atoms with Gasteiger partial charge in [0.25, 0.3) is 5.69 Å². The summed E-state index contributed by atoms with van der Waals surface area (Å²) in [6, 6.07) is 0. The molecule has 0 N–H and O–H groups in total. The van der Waals surface area contributed by atoms with Crippen molar-refractivity contribution in [3.8, 4) is 0 Å². The first-order valence-corrected chi connectivity index (χ1v) is 5.68. The first-order valence-electron chi connectivity index (χ1n) is 5.68. The molecule has 0 aliphatic heterocycles. The molecule has 0 atom stereocenters. The molecule has 1 aromatic rings. The fourth-order valence-electron chi connectivity index (χ4n) is 1.97. The summed E-state index contributed by atoms with van der Waals surface area (Å²) in [6.45, 7) is 0. The number of halogens is 16. The Bertz CT molecular complexity index is 672. The van der Waals surface area contributed by atoms with Crippen molar-refractivity contribution >= 4 is 5.69 Å². The van der Waals surface area contributed by atoms with Crippen LogP contribution < -0.4 is 4.93 Å². The lowest BCUT2D eigenvalue weighted by Crippen LogP contribution is -2.79. The lowest BCUT2D eigenvalue weighted by Gasteiger charge is -2.38. The molecule has 0 fully saturated rings. The number of benzene rings is 1. The van der Waals surface area contributed by atoms with Gasteiger partial charge in [-0.15, -0.1) is 0 Å². The first-order chi connectivity index (χ1) is 11.7. The molecular weight excluding hydrogens is 438 g/mol. The van der Waals surface area contributed by atoms with Crippen molar-refractivity contribution in [1.29, 1.82) is 0 Å². The molecule has 0 aromatic heterocycles. The minimum absolute atomic E-state index is 3.31. The van der Waals surface area contributed by atoms with E-state index in [1.807, 2.05) is 0 Å². The van der Waals surface area contributed by atoms with E-state index in [0.29, 0.717) is 0 Å². The molecule has 156 valence electrons. The van der Waals surface area contributed by atoms with Gasteiger partial charge in [0.15, 0.2) is 0 Å². The topological polar surface area (TPSA) is 0 Å². The molecule has 1 rings (SSSR count). The normalized spacial score (nSPS) is 14.7. The quantitative estimate of drug-likeness (QED) is 0.234. The van der Waals surface area contributed by atoms with Crippen LogP contribution in [0.15, 0.2) is 0 Å². The first kappa shape index (κ1) is 23.1. The van der Waals surface area contributed by atoms with Gasteiger partial charge in [0.2, 0.25) is 29.1 Å². The van der Waals surface area contributed by atoms with Gasteiger partial charge in [-0.2, -0.15) is 48.3 Å². The zero-order chi connectivity index (χ0) is 22.0. The van der Waals surface area contributed by atoms with Gasteiger partial charge >= 0.3 is 24.1 Å². The minimum Gasteiger partial charge on any atom is -0.200 e. The maximum absolute atomic E-state index is 13.8. The molecule has 0 radical (unpaired) electrons. The molecule has 0 bridgehead atoms. The SMILES string of the molecule is Fc1c(F)c(F)c([N+](F)(F)C(C(F)(F)F)(C(F)(F)F)C(F)(F)F)c(F)c1F. The summed E-state index contributed by atoms with van der Waals surface area (Å²) in [5.41, 5.74) is -12.6. The number of hydrogen-bond acceptors (Lipinski definition) is 0. The van der Waals surface area contributed by atoms with Gasteiger partial charge in [0, 0.05) is 0 Å². The standard InChI is InChI=1S/C10F16N/c11-1-2(12)4(14)6(5(15)3(1)13)27(25,26)7(8(16,17)18,9(19,20)21)10(22,23)24/q+1. The van der Waals surface area contributed by atoms with Gasteiger partial charge in [-0.3, -0.25) is 0 Å². The lowest BCUT2D eigenvalue weighted by molar-refractivity contribution is -0.470. The summed E-state index contributed by atoms with van der Waals surface area (Å²) < 4.78 is 207. The molecule has 27 heavy (non-hydrogen) atoms. The van der Waals surface area contributed by atoms with E-state index in [9.17, 15) is 70.4 Å². The van der Waals surface area contributed by atoms with E-state index in [4.69, 9.17) is 0 Å². The molecule has 1 aromatic carbocycles. The van der Waals surface area contributed by atoms with Crippen molar-refractivity contribution in [2.45, 2.75) is 24.1 Å². The summed E-state index contributed by atoms with van der Waals surface area (Å²) >= 11 is 0. The van der Waals surface area contributed by atoms with Crippen LogP contribution in [-0.4, -0.2) is 24.1 Å². The van der Waals surface area contributed by atoms with Crippen molar-refractivity contribution in [3.05, 3.63) is 29.1 Å². The van der Waals surface area contributed by atoms with E-state index < -0.39 is 63.8 Å². The number of hydrogen-bond donors (Lipinski definition) is 0. The van der Waals surface area contributed by atoms with E-state index in [-0.39, 0.29) is 0 Å². The summed E-state index contributed by atoms with van der Waals surface area (Å²) in [5, 5.41) is 0. The molecule has 0 spiro atoms. The minimum atomic E-state index is -8.26. The van der Waals surface area contributed by atoms with E-state index in [1.165, 1.54) is 0 Å². The Kier molecular flexibility index (Phi) is 5.16. The van der Waals surface area contributed by atoms with Crippen LogP contribution in [-0.2, 0) is 0 Å². The maximum Gasteiger partial charge on any atom is 0.471 e. The average molecular weight is 438 g/mol. The van der Waals surface area contributed by atoms with Gasteiger partial charge in [0.1, 0.15) is 4.93 Å². The Hall–Kier alpha value is -1.94. The van der Waals surface area contributed by atoms with Crippen molar-refractivity contribution < 1.29 is 70.4 Å². The Balaban J connectivity index is 4.25. The van der Waals surface area contributed by atoms with Crippen molar-refractivity contribution in [3.63, 3.8) is 0 Å². The average Bonchev–Trinajstić information content (AvgIpc) is 2.37. The van der Waals surface area contributed by atoms with Crippen LogP contribution in [0.2, 0.25) is 0 Å². The second-order valence-corrected chi connectivity index (χ2v) is 4.64. The summed E-state index contributed by atoms with van der Waals surface area (Å²) in [6.07, 6.45) is -24.2. The van der Waals surface area contributed by atoms with Gasteiger partial charge in [-0.05, 0) is 0 Å². The second kappa shape index (κ2) is 6.03. The van der Waals surface area contributed by atoms with Crippen LogP contribution in [0.3, 0.4) is 0 Å². The number of quaternary nitrogens is 1. The highest BCUT2D eigenvalue weighted by atomic mass is 19.4. The summed E-state index contributed by atoms with van der Waals surface area (Å²) in [7, 11) is 0. The Morgan fingerprint density at radius 2 is 0.667 bits per heavy atom. The zero-order valence-electron chi connectivity index (χ0n) is 11.5. The number of nitrogens with zero attached hydrogens (tertiary/aromatic N) is 1. The van der Waals surface area contributed by atoms with Gasteiger partial charge in [-0.25, -0.2) is 13.2 Å². The Labute approximate surface area is 135 Å². The van der Waals surface area contributed by atoms with E-state index >= 15 is 0 Å². The van der Waals surface area contributed by atoms with Gasteiger partial charge in [0.05, 0.1) is 8.96 Å². The van der Waals surface area contributed by atoms with Crippen LogP contribution in [0.4, 0.5) is 76.1 Å². The molecule has 0 unspecified atom stereocenters. The van der Waals surface area contributed by atoms with Crippen LogP contribution in [0.25, 0.3) is 0 Å². The lowest BCUT2D eigenvalue weighted by atomic mass is 9.95. The van der Waals surface area contributed by atoms with Crippen molar-refractivity contribution in [1.82, 2.24) is 4.93 Å². The largest absolute Gasteiger partial charge is 0.471 e. The molecule has 0 amide bonds. The molecule has 1 nitrogen and oxygen atoms in total.